The number of nitrogens with zero attached hydrogens (tertiary/aromatic N) is 1. The first-order valence-electron chi connectivity index (χ1n) is 8.52. The van der Waals surface area contributed by atoms with Crippen molar-refractivity contribution in [2.24, 2.45) is 0 Å². The van der Waals surface area contributed by atoms with Gasteiger partial charge in [0, 0.05) is 5.02 Å². The zero-order valence-electron chi connectivity index (χ0n) is 15.2. The van der Waals surface area contributed by atoms with Gasteiger partial charge in [0.25, 0.3) is 0 Å². The van der Waals surface area contributed by atoms with Crippen LogP contribution in [0.25, 0.3) is 11.6 Å². The zero-order chi connectivity index (χ0) is 19.9. The smallest absolute Gasteiger partial charge is 0.138 e. The minimum atomic E-state index is 0.390. The van der Waals surface area contributed by atoms with Crippen LogP contribution in [-0.2, 0) is 6.61 Å². The number of hydrogen-bond donors (Lipinski definition) is 0. The lowest BCUT2D eigenvalue weighted by Gasteiger charge is -2.09. The average molecular weight is 410 g/mol. The first kappa shape index (κ1) is 19.8. The van der Waals surface area contributed by atoms with Gasteiger partial charge >= 0.3 is 0 Å². The Morgan fingerprint density at radius 1 is 1.00 bits per heavy atom. The molecule has 0 saturated heterocycles. The van der Waals surface area contributed by atoms with Crippen LogP contribution in [-0.4, -0.2) is 7.11 Å². The SMILES string of the molecule is COc1ccc(/C(C#N)=C/c2ccc(OCc3ccc(Cl)cc3)c(Cl)c2)cc1. The van der Waals surface area contributed by atoms with Crippen molar-refractivity contribution in [1.29, 1.82) is 5.26 Å². The van der Waals surface area contributed by atoms with Crippen LogP contribution in [0.3, 0.4) is 0 Å². The predicted octanol–water partition coefficient (Wildman–Crippen LogP) is 6.65. The maximum atomic E-state index is 9.50. The molecular weight excluding hydrogens is 393 g/mol. The minimum Gasteiger partial charge on any atom is -0.497 e. The molecule has 0 spiro atoms. The summed E-state index contributed by atoms with van der Waals surface area (Å²) in [6, 6.07) is 22.4. The Morgan fingerprint density at radius 2 is 1.71 bits per heavy atom. The Hall–Kier alpha value is -2.93. The van der Waals surface area contributed by atoms with E-state index in [-0.39, 0.29) is 0 Å². The maximum Gasteiger partial charge on any atom is 0.138 e. The Kier molecular flexibility index (Phi) is 6.60. The Bertz CT molecular complexity index is 1020. The molecule has 0 saturated carbocycles. The Labute approximate surface area is 174 Å². The van der Waals surface area contributed by atoms with Crippen molar-refractivity contribution in [2.45, 2.75) is 6.61 Å². The van der Waals surface area contributed by atoms with Crippen molar-refractivity contribution in [3.63, 3.8) is 0 Å². The van der Waals surface area contributed by atoms with Gasteiger partial charge in [-0.05, 0) is 71.3 Å². The van der Waals surface area contributed by atoms with Crippen LogP contribution in [0, 0.1) is 11.3 Å². The highest BCUT2D eigenvalue weighted by Gasteiger charge is 2.06. The fraction of sp³-hybridized carbons (Fsp3) is 0.0870. The number of rotatable bonds is 6. The molecule has 0 radical (unpaired) electrons. The molecule has 0 aromatic heterocycles. The highest BCUT2D eigenvalue weighted by atomic mass is 35.5. The van der Waals surface area contributed by atoms with Crippen molar-refractivity contribution in [3.05, 3.63) is 93.5 Å². The van der Waals surface area contributed by atoms with Gasteiger partial charge < -0.3 is 9.47 Å². The summed E-state index contributed by atoms with van der Waals surface area (Å²) in [6.45, 7) is 0.390. The van der Waals surface area contributed by atoms with E-state index in [1.54, 1.807) is 25.3 Å². The Morgan fingerprint density at radius 3 is 2.32 bits per heavy atom. The molecule has 3 aromatic rings. The molecule has 0 atom stereocenters. The number of methoxy groups -OCH3 is 1. The summed E-state index contributed by atoms with van der Waals surface area (Å²) in [5.74, 6) is 1.32. The van der Waals surface area contributed by atoms with Crippen molar-refractivity contribution in [1.82, 2.24) is 0 Å². The number of nitriles is 1. The molecule has 0 fully saturated rings. The summed E-state index contributed by atoms with van der Waals surface area (Å²) in [5.41, 5.74) is 3.16. The van der Waals surface area contributed by atoms with Crippen molar-refractivity contribution in [3.8, 4) is 17.6 Å². The van der Waals surface area contributed by atoms with E-state index in [4.69, 9.17) is 32.7 Å². The summed E-state index contributed by atoms with van der Waals surface area (Å²) in [6.07, 6.45) is 1.79. The minimum absolute atomic E-state index is 0.390. The van der Waals surface area contributed by atoms with E-state index < -0.39 is 0 Å². The van der Waals surface area contributed by atoms with E-state index in [1.165, 1.54) is 0 Å². The van der Waals surface area contributed by atoms with Gasteiger partial charge in [-0.25, -0.2) is 0 Å². The third-order valence-corrected chi connectivity index (χ3v) is 4.64. The highest BCUT2D eigenvalue weighted by molar-refractivity contribution is 6.32. The average Bonchev–Trinajstić information content (AvgIpc) is 2.72. The van der Waals surface area contributed by atoms with Gasteiger partial charge in [-0.1, -0.05) is 41.4 Å². The maximum absolute atomic E-state index is 9.50. The first-order valence-corrected chi connectivity index (χ1v) is 9.27. The molecule has 0 N–H and O–H groups in total. The van der Waals surface area contributed by atoms with Gasteiger partial charge in [-0.15, -0.1) is 0 Å². The molecule has 5 heteroatoms. The van der Waals surface area contributed by atoms with Crippen LogP contribution in [0.1, 0.15) is 16.7 Å². The van der Waals surface area contributed by atoms with Crippen LogP contribution in [0.5, 0.6) is 11.5 Å². The monoisotopic (exact) mass is 409 g/mol. The summed E-state index contributed by atoms with van der Waals surface area (Å²) >= 11 is 12.2. The molecule has 0 bridgehead atoms. The number of halogens is 2. The number of ether oxygens (including phenoxy) is 2. The van der Waals surface area contributed by atoms with Crippen molar-refractivity contribution in [2.75, 3.05) is 7.11 Å². The molecule has 3 nitrogen and oxygen atoms in total. The third-order valence-electron chi connectivity index (χ3n) is 4.10. The quantitative estimate of drug-likeness (QED) is 0.338. The molecule has 140 valence electrons. The second-order valence-corrected chi connectivity index (χ2v) is 6.85. The van der Waals surface area contributed by atoms with Gasteiger partial charge in [0.05, 0.1) is 23.8 Å². The lowest BCUT2D eigenvalue weighted by Crippen LogP contribution is -1.96. The van der Waals surface area contributed by atoms with Crippen LogP contribution < -0.4 is 9.47 Å². The second-order valence-electron chi connectivity index (χ2n) is 6.00. The van der Waals surface area contributed by atoms with Gasteiger partial charge in [0.1, 0.15) is 18.1 Å². The molecule has 0 heterocycles. The van der Waals surface area contributed by atoms with E-state index in [9.17, 15) is 5.26 Å². The van der Waals surface area contributed by atoms with E-state index in [2.05, 4.69) is 6.07 Å². The molecule has 0 aliphatic carbocycles. The van der Waals surface area contributed by atoms with E-state index in [1.807, 2.05) is 54.6 Å². The lowest BCUT2D eigenvalue weighted by atomic mass is 10.0. The van der Waals surface area contributed by atoms with Gasteiger partial charge in [0.2, 0.25) is 0 Å². The molecule has 0 aliphatic rings. The van der Waals surface area contributed by atoms with Gasteiger partial charge in [0.15, 0.2) is 0 Å². The van der Waals surface area contributed by atoms with Crippen LogP contribution >= 0.6 is 23.2 Å². The Balaban J connectivity index is 1.75. The van der Waals surface area contributed by atoms with Gasteiger partial charge in [-0.3, -0.25) is 0 Å². The molecule has 28 heavy (non-hydrogen) atoms. The lowest BCUT2D eigenvalue weighted by molar-refractivity contribution is 0.306. The van der Waals surface area contributed by atoms with E-state index in [0.717, 1.165) is 22.4 Å². The van der Waals surface area contributed by atoms with Crippen LogP contribution in [0.4, 0.5) is 0 Å². The zero-order valence-corrected chi connectivity index (χ0v) is 16.7. The molecule has 3 rings (SSSR count). The molecule has 3 aromatic carbocycles. The largest absolute Gasteiger partial charge is 0.497 e. The third kappa shape index (κ3) is 5.07. The second kappa shape index (κ2) is 9.32. The molecule has 0 unspecified atom stereocenters. The van der Waals surface area contributed by atoms with Crippen molar-refractivity contribution < 1.29 is 9.47 Å². The first-order chi connectivity index (χ1) is 13.6. The summed E-state index contributed by atoms with van der Waals surface area (Å²) < 4.78 is 10.9. The number of benzene rings is 3. The number of hydrogen-bond acceptors (Lipinski definition) is 3. The van der Waals surface area contributed by atoms with Crippen LogP contribution in [0.2, 0.25) is 10.0 Å². The molecule has 0 aliphatic heterocycles. The number of allylic oxidation sites excluding steroid dienone is 1. The summed E-state index contributed by atoms with van der Waals surface area (Å²) in [7, 11) is 1.61. The molecular formula is C23H17Cl2NO2. The van der Waals surface area contributed by atoms with Crippen LogP contribution in [0.15, 0.2) is 66.7 Å². The molecule has 0 amide bonds. The van der Waals surface area contributed by atoms with E-state index in [0.29, 0.717) is 28.0 Å². The topological polar surface area (TPSA) is 42.2 Å². The standard InChI is InChI=1S/C23H17Cl2NO2/c1-27-21-9-5-18(6-10-21)19(14-26)12-17-4-11-23(22(25)13-17)28-15-16-2-7-20(24)8-3-16/h2-13H,15H2,1H3/b19-12+. The van der Waals surface area contributed by atoms with Crippen molar-refractivity contribution >= 4 is 34.9 Å². The summed E-state index contributed by atoms with van der Waals surface area (Å²) in [5, 5.41) is 10.7. The van der Waals surface area contributed by atoms with Gasteiger partial charge in [-0.2, -0.15) is 5.26 Å². The fourth-order valence-electron chi connectivity index (χ4n) is 2.58. The fourth-order valence-corrected chi connectivity index (χ4v) is 2.95. The normalized spacial score (nSPS) is 11.0. The highest BCUT2D eigenvalue weighted by Crippen LogP contribution is 2.28. The summed E-state index contributed by atoms with van der Waals surface area (Å²) in [4.78, 5) is 0. The van der Waals surface area contributed by atoms with E-state index >= 15 is 0 Å². The predicted molar refractivity (Wildman–Crippen MR) is 114 cm³/mol.